The zero-order valence-electron chi connectivity index (χ0n) is 13.7. The van der Waals surface area contributed by atoms with Crippen LogP contribution in [0.5, 0.6) is 0 Å². The van der Waals surface area contributed by atoms with Crippen LogP contribution in [0.4, 0.5) is 11.5 Å². The predicted octanol–water partition coefficient (Wildman–Crippen LogP) is 4.84. The van der Waals surface area contributed by atoms with Gasteiger partial charge in [-0.3, -0.25) is 4.98 Å². The van der Waals surface area contributed by atoms with E-state index in [0.717, 1.165) is 36.5 Å². The quantitative estimate of drug-likeness (QED) is 0.500. The number of alkyl halides is 1. The van der Waals surface area contributed by atoms with Gasteiger partial charge < -0.3 is 10.6 Å². The van der Waals surface area contributed by atoms with Crippen LogP contribution in [0.3, 0.4) is 0 Å². The number of aryl methyl sites for hydroxylation is 2. The summed E-state index contributed by atoms with van der Waals surface area (Å²) in [5.41, 5.74) is 2.32. The Morgan fingerprint density at radius 2 is 1.83 bits per heavy atom. The number of hydrogen-bond acceptors (Lipinski definition) is 5. The highest BCUT2D eigenvalue weighted by molar-refractivity contribution is 6.34. The van der Waals surface area contributed by atoms with Gasteiger partial charge >= 0.3 is 0 Å². The van der Waals surface area contributed by atoms with E-state index in [1.807, 2.05) is 19.9 Å². The van der Waals surface area contributed by atoms with Crippen LogP contribution < -0.4 is 10.6 Å². The van der Waals surface area contributed by atoms with E-state index >= 15 is 0 Å². The SMILES string of the molecule is Cc1nc(C)c(Cl)c(NCc2nccc(NCCCCCl)c2Cl)n1. The molecule has 0 unspecified atom stereocenters. The average molecular weight is 389 g/mol. The van der Waals surface area contributed by atoms with E-state index < -0.39 is 0 Å². The Balaban J connectivity index is 2.05. The number of hydrogen-bond donors (Lipinski definition) is 2. The number of nitrogens with one attached hydrogen (secondary N) is 2. The van der Waals surface area contributed by atoms with E-state index in [0.29, 0.717) is 34.1 Å². The Kier molecular flexibility index (Phi) is 7.34. The lowest BCUT2D eigenvalue weighted by atomic mass is 10.2. The van der Waals surface area contributed by atoms with Crippen LogP contribution in [0.15, 0.2) is 12.3 Å². The molecule has 0 saturated heterocycles. The highest BCUT2D eigenvalue weighted by Crippen LogP contribution is 2.27. The standard InChI is InChI=1S/C16H20Cl3N5/c1-10-14(18)16(24-11(2)23-10)22-9-13-15(19)12(5-8-21-13)20-7-4-3-6-17/h5,8H,3-4,6-7,9H2,1-2H3,(H,20,21)(H,22,23,24). The van der Waals surface area contributed by atoms with Gasteiger partial charge in [0.2, 0.25) is 0 Å². The molecule has 0 atom stereocenters. The van der Waals surface area contributed by atoms with E-state index in [1.165, 1.54) is 0 Å². The Bertz CT molecular complexity index is 694. The molecule has 24 heavy (non-hydrogen) atoms. The van der Waals surface area contributed by atoms with Crippen LogP contribution in [-0.2, 0) is 6.54 Å². The molecule has 2 aromatic heterocycles. The summed E-state index contributed by atoms with van der Waals surface area (Å²) in [6, 6.07) is 1.86. The largest absolute Gasteiger partial charge is 0.384 e. The van der Waals surface area contributed by atoms with Crippen LogP contribution in [0.1, 0.15) is 30.1 Å². The van der Waals surface area contributed by atoms with Gasteiger partial charge in [-0.25, -0.2) is 9.97 Å². The molecule has 0 aliphatic heterocycles. The summed E-state index contributed by atoms with van der Waals surface area (Å²) in [6.07, 6.45) is 3.69. The van der Waals surface area contributed by atoms with Gasteiger partial charge in [0.05, 0.1) is 28.6 Å². The molecular formula is C16H20Cl3N5. The van der Waals surface area contributed by atoms with Gasteiger partial charge in [-0.2, -0.15) is 0 Å². The van der Waals surface area contributed by atoms with Crippen LogP contribution in [0.25, 0.3) is 0 Å². The molecule has 0 bridgehead atoms. The minimum atomic E-state index is 0.422. The first-order chi connectivity index (χ1) is 11.5. The average Bonchev–Trinajstić information content (AvgIpc) is 2.55. The Labute approximate surface area is 157 Å². The second-order valence-corrected chi connectivity index (χ2v) is 6.45. The fraction of sp³-hybridized carbons (Fsp3) is 0.438. The zero-order chi connectivity index (χ0) is 17.5. The maximum absolute atomic E-state index is 6.43. The van der Waals surface area contributed by atoms with E-state index in [1.54, 1.807) is 6.20 Å². The van der Waals surface area contributed by atoms with E-state index in [-0.39, 0.29) is 0 Å². The normalized spacial score (nSPS) is 10.7. The zero-order valence-corrected chi connectivity index (χ0v) is 15.9. The first-order valence-corrected chi connectivity index (χ1v) is 8.99. The molecule has 0 aromatic carbocycles. The van der Waals surface area contributed by atoms with Crippen molar-refractivity contribution in [1.29, 1.82) is 0 Å². The van der Waals surface area contributed by atoms with Crippen LogP contribution >= 0.6 is 34.8 Å². The highest BCUT2D eigenvalue weighted by atomic mass is 35.5. The van der Waals surface area contributed by atoms with Crippen molar-refractivity contribution in [2.24, 2.45) is 0 Å². The topological polar surface area (TPSA) is 62.7 Å². The Morgan fingerprint density at radius 1 is 1.04 bits per heavy atom. The van der Waals surface area contributed by atoms with E-state index in [4.69, 9.17) is 34.8 Å². The van der Waals surface area contributed by atoms with E-state index in [2.05, 4.69) is 25.6 Å². The van der Waals surface area contributed by atoms with Gasteiger partial charge in [0, 0.05) is 18.6 Å². The lowest BCUT2D eigenvalue weighted by Gasteiger charge is -2.13. The van der Waals surface area contributed by atoms with Crippen molar-refractivity contribution in [3.05, 3.63) is 39.5 Å². The maximum Gasteiger partial charge on any atom is 0.149 e. The molecule has 0 aliphatic carbocycles. The fourth-order valence-electron chi connectivity index (χ4n) is 2.17. The maximum atomic E-state index is 6.43. The third-order valence-corrected chi connectivity index (χ3v) is 4.53. The summed E-state index contributed by atoms with van der Waals surface area (Å²) in [5.74, 6) is 1.91. The molecule has 0 fully saturated rings. The Morgan fingerprint density at radius 3 is 2.58 bits per heavy atom. The van der Waals surface area contributed by atoms with Crippen molar-refractivity contribution in [1.82, 2.24) is 15.0 Å². The molecule has 0 saturated carbocycles. The monoisotopic (exact) mass is 387 g/mol. The van der Waals surface area contributed by atoms with Crippen molar-refractivity contribution >= 4 is 46.3 Å². The van der Waals surface area contributed by atoms with E-state index in [9.17, 15) is 0 Å². The first kappa shape index (κ1) is 19.0. The van der Waals surface area contributed by atoms with Crippen molar-refractivity contribution in [2.45, 2.75) is 33.2 Å². The molecule has 2 aromatic rings. The summed E-state index contributed by atoms with van der Waals surface area (Å²) >= 11 is 18.4. The third kappa shape index (κ3) is 5.10. The molecule has 0 radical (unpaired) electrons. The van der Waals surface area contributed by atoms with Crippen molar-refractivity contribution in [3.8, 4) is 0 Å². The smallest absolute Gasteiger partial charge is 0.149 e. The minimum Gasteiger partial charge on any atom is -0.384 e. The third-order valence-electron chi connectivity index (χ3n) is 3.39. The molecule has 2 heterocycles. The molecule has 0 aliphatic rings. The van der Waals surface area contributed by atoms with Gasteiger partial charge in [-0.1, -0.05) is 23.2 Å². The molecular weight excluding hydrogens is 369 g/mol. The molecule has 0 spiro atoms. The molecule has 8 heteroatoms. The van der Waals surface area contributed by atoms with Gasteiger partial charge in [0.1, 0.15) is 16.7 Å². The summed E-state index contributed by atoms with van der Waals surface area (Å²) in [6.45, 7) is 4.91. The highest BCUT2D eigenvalue weighted by Gasteiger charge is 2.11. The minimum absolute atomic E-state index is 0.422. The summed E-state index contributed by atoms with van der Waals surface area (Å²) in [7, 11) is 0. The van der Waals surface area contributed by atoms with Gasteiger partial charge in [0.25, 0.3) is 0 Å². The summed E-state index contributed by atoms with van der Waals surface area (Å²) < 4.78 is 0. The molecule has 2 N–H and O–H groups in total. The summed E-state index contributed by atoms with van der Waals surface area (Å²) in [4.78, 5) is 12.9. The van der Waals surface area contributed by atoms with Crippen molar-refractivity contribution in [3.63, 3.8) is 0 Å². The van der Waals surface area contributed by atoms with Crippen LogP contribution in [0, 0.1) is 13.8 Å². The second kappa shape index (κ2) is 9.25. The number of anilines is 2. The molecule has 2 rings (SSSR count). The van der Waals surface area contributed by atoms with Crippen molar-refractivity contribution in [2.75, 3.05) is 23.1 Å². The number of aromatic nitrogens is 3. The molecule has 5 nitrogen and oxygen atoms in total. The van der Waals surface area contributed by atoms with Gasteiger partial charge in [-0.15, -0.1) is 11.6 Å². The van der Waals surface area contributed by atoms with Crippen LogP contribution in [0.2, 0.25) is 10.0 Å². The number of unbranched alkanes of at least 4 members (excludes halogenated alkanes) is 1. The van der Waals surface area contributed by atoms with Crippen molar-refractivity contribution < 1.29 is 0 Å². The van der Waals surface area contributed by atoms with Gasteiger partial charge in [-0.05, 0) is 32.8 Å². The number of pyridine rings is 1. The predicted molar refractivity (Wildman–Crippen MR) is 102 cm³/mol. The summed E-state index contributed by atoms with van der Waals surface area (Å²) in [5, 5.41) is 7.58. The number of halogens is 3. The lowest BCUT2D eigenvalue weighted by Crippen LogP contribution is -2.09. The number of rotatable bonds is 8. The lowest BCUT2D eigenvalue weighted by molar-refractivity contribution is 0.839. The molecule has 130 valence electrons. The second-order valence-electron chi connectivity index (χ2n) is 5.31. The number of nitrogens with zero attached hydrogens (tertiary/aromatic N) is 3. The first-order valence-electron chi connectivity index (χ1n) is 7.70. The molecule has 0 amide bonds. The van der Waals surface area contributed by atoms with Gasteiger partial charge in [0.15, 0.2) is 0 Å². The fourth-order valence-corrected chi connectivity index (χ4v) is 2.76. The Hall–Kier alpha value is -1.30. The van der Waals surface area contributed by atoms with Crippen LogP contribution in [-0.4, -0.2) is 27.4 Å².